The van der Waals surface area contributed by atoms with Crippen LogP contribution in [-0.4, -0.2) is 32.4 Å². The van der Waals surface area contributed by atoms with E-state index >= 15 is 0 Å². The van der Waals surface area contributed by atoms with E-state index in [2.05, 4.69) is 4.89 Å². The van der Waals surface area contributed by atoms with Crippen molar-refractivity contribution < 1.29 is 13.3 Å². The molecule has 0 unspecified atom stereocenters. The third-order valence-electron chi connectivity index (χ3n) is 1.87. The van der Waals surface area contributed by atoms with Crippen LogP contribution in [0.1, 0.15) is 40.5 Å². The lowest BCUT2D eigenvalue weighted by atomic mass is 10.2. The summed E-state index contributed by atoms with van der Waals surface area (Å²) in [5, 5.41) is 0. The van der Waals surface area contributed by atoms with Crippen molar-refractivity contribution in [1.82, 2.24) is 9.19 Å². The summed E-state index contributed by atoms with van der Waals surface area (Å²) in [5.74, 6) is 0.300. The van der Waals surface area contributed by atoms with Crippen molar-refractivity contribution in [3.05, 3.63) is 0 Å². The van der Waals surface area contributed by atoms with Crippen molar-refractivity contribution >= 4 is 10.2 Å². The molecule has 0 bridgehead atoms. The highest BCUT2D eigenvalue weighted by Gasteiger charge is 2.20. The molecule has 0 aliphatic carbocycles. The summed E-state index contributed by atoms with van der Waals surface area (Å²) in [6.07, 6.45) is 1.59. The van der Waals surface area contributed by atoms with Crippen LogP contribution in [0.15, 0.2) is 0 Å². The molecule has 0 aromatic rings. The van der Waals surface area contributed by atoms with E-state index < -0.39 is 10.2 Å². The lowest BCUT2D eigenvalue weighted by Gasteiger charge is -2.21. The van der Waals surface area contributed by atoms with Gasteiger partial charge >= 0.3 is 10.2 Å². The maximum absolute atomic E-state index is 11.8. The Morgan fingerprint density at radius 1 is 1.19 bits per heavy atom. The number of rotatable bonds is 9. The Morgan fingerprint density at radius 2 is 1.69 bits per heavy atom. The molecule has 0 aliphatic heterocycles. The Bertz CT molecular complexity index is 259. The van der Waals surface area contributed by atoms with Crippen LogP contribution in [0.4, 0.5) is 0 Å². The normalized spacial score (nSPS) is 12.6. The van der Waals surface area contributed by atoms with E-state index in [0.29, 0.717) is 25.6 Å². The zero-order valence-corrected chi connectivity index (χ0v) is 11.5. The van der Waals surface area contributed by atoms with Gasteiger partial charge in [-0.3, -0.25) is 4.84 Å². The molecule has 6 heteroatoms. The SMILES string of the molecule is CCCN(CCC)S(=O)(=O)NOCC(C)C. The summed E-state index contributed by atoms with van der Waals surface area (Å²) < 4.78 is 25.0. The fourth-order valence-electron chi connectivity index (χ4n) is 1.18. The van der Waals surface area contributed by atoms with Gasteiger partial charge in [-0.05, 0) is 18.8 Å². The smallest absolute Gasteiger partial charge is 0.286 e. The van der Waals surface area contributed by atoms with Crippen molar-refractivity contribution in [3.8, 4) is 0 Å². The molecule has 0 rings (SSSR count). The van der Waals surface area contributed by atoms with Crippen LogP contribution in [0.25, 0.3) is 0 Å². The Labute approximate surface area is 99.3 Å². The summed E-state index contributed by atoms with van der Waals surface area (Å²) in [6, 6.07) is 0. The van der Waals surface area contributed by atoms with Crippen LogP contribution in [0, 0.1) is 5.92 Å². The van der Waals surface area contributed by atoms with Gasteiger partial charge in [-0.25, -0.2) is 0 Å². The van der Waals surface area contributed by atoms with Gasteiger partial charge in [0, 0.05) is 13.1 Å². The number of nitrogens with one attached hydrogen (secondary N) is 1. The Balaban J connectivity index is 4.24. The summed E-state index contributed by atoms with van der Waals surface area (Å²) in [4.78, 5) is 7.11. The predicted molar refractivity (Wildman–Crippen MR) is 65.0 cm³/mol. The second-order valence-corrected chi connectivity index (χ2v) is 5.83. The zero-order chi connectivity index (χ0) is 12.6. The minimum Gasteiger partial charge on any atom is -0.286 e. The average molecular weight is 252 g/mol. The zero-order valence-electron chi connectivity index (χ0n) is 10.7. The first-order valence-electron chi connectivity index (χ1n) is 5.82. The summed E-state index contributed by atoms with van der Waals surface area (Å²) >= 11 is 0. The van der Waals surface area contributed by atoms with E-state index in [9.17, 15) is 8.42 Å². The van der Waals surface area contributed by atoms with Crippen LogP contribution < -0.4 is 4.89 Å². The molecule has 0 heterocycles. The molecule has 0 atom stereocenters. The van der Waals surface area contributed by atoms with E-state index in [1.165, 1.54) is 4.31 Å². The van der Waals surface area contributed by atoms with Crippen LogP contribution in [-0.2, 0) is 15.0 Å². The second kappa shape index (κ2) is 8.00. The minimum absolute atomic E-state index is 0.300. The third-order valence-corrected chi connectivity index (χ3v) is 3.24. The topological polar surface area (TPSA) is 58.6 Å². The van der Waals surface area contributed by atoms with E-state index in [4.69, 9.17) is 4.84 Å². The van der Waals surface area contributed by atoms with Gasteiger partial charge in [-0.15, -0.1) is 0 Å². The first-order chi connectivity index (χ1) is 7.44. The van der Waals surface area contributed by atoms with Crippen LogP contribution >= 0.6 is 0 Å². The summed E-state index contributed by atoms with van der Waals surface area (Å²) in [6.45, 7) is 9.25. The highest BCUT2D eigenvalue weighted by molar-refractivity contribution is 7.87. The molecule has 0 saturated heterocycles. The molecular weight excluding hydrogens is 228 g/mol. The van der Waals surface area contributed by atoms with E-state index in [1.807, 2.05) is 27.7 Å². The van der Waals surface area contributed by atoms with E-state index in [1.54, 1.807) is 0 Å². The van der Waals surface area contributed by atoms with Gasteiger partial charge in [0.05, 0.1) is 6.61 Å². The molecule has 98 valence electrons. The largest absolute Gasteiger partial charge is 0.301 e. The van der Waals surface area contributed by atoms with Gasteiger partial charge in [-0.1, -0.05) is 32.6 Å². The number of nitrogens with zero attached hydrogens (tertiary/aromatic N) is 1. The van der Waals surface area contributed by atoms with Crippen LogP contribution in [0.3, 0.4) is 0 Å². The van der Waals surface area contributed by atoms with E-state index in [-0.39, 0.29) is 0 Å². The highest BCUT2D eigenvalue weighted by atomic mass is 32.2. The highest BCUT2D eigenvalue weighted by Crippen LogP contribution is 2.02. The average Bonchev–Trinajstić information content (AvgIpc) is 2.16. The van der Waals surface area contributed by atoms with E-state index in [0.717, 1.165) is 12.8 Å². The van der Waals surface area contributed by atoms with Crippen LogP contribution in [0.2, 0.25) is 0 Å². The number of hydrogen-bond acceptors (Lipinski definition) is 3. The predicted octanol–water partition coefficient (Wildman–Crippen LogP) is 1.53. The monoisotopic (exact) mass is 252 g/mol. The van der Waals surface area contributed by atoms with Crippen molar-refractivity contribution in [2.75, 3.05) is 19.7 Å². The first-order valence-corrected chi connectivity index (χ1v) is 7.26. The van der Waals surface area contributed by atoms with Crippen molar-refractivity contribution in [2.45, 2.75) is 40.5 Å². The third kappa shape index (κ3) is 6.42. The van der Waals surface area contributed by atoms with Gasteiger partial charge in [0.25, 0.3) is 0 Å². The molecule has 0 saturated carbocycles. The lowest BCUT2D eigenvalue weighted by Crippen LogP contribution is -2.42. The fraction of sp³-hybridized carbons (Fsp3) is 1.00. The Morgan fingerprint density at radius 3 is 2.06 bits per heavy atom. The van der Waals surface area contributed by atoms with Gasteiger partial charge in [0.1, 0.15) is 0 Å². The Kier molecular flexibility index (Phi) is 7.91. The molecule has 1 N–H and O–H groups in total. The molecule has 0 aromatic carbocycles. The second-order valence-electron chi connectivity index (χ2n) is 4.19. The lowest BCUT2D eigenvalue weighted by molar-refractivity contribution is 0.0674. The van der Waals surface area contributed by atoms with Gasteiger partial charge in [-0.2, -0.15) is 12.7 Å². The Hall–Kier alpha value is -0.170. The van der Waals surface area contributed by atoms with Gasteiger partial charge < -0.3 is 0 Å². The molecule has 0 spiro atoms. The summed E-state index contributed by atoms with van der Waals surface area (Å²) in [7, 11) is -3.48. The van der Waals surface area contributed by atoms with Gasteiger partial charge in [0.15, 0.2) is 0 Å². The molecular formula is C10H24N2O3S. The number of hydrogen-bond donors (Lipinski definition) is 1. The maximum atomic E-state index is 11.8. The summed E-state index contributed by atoms with van der Waals surface area (Å²) in [5.41, 5.74) is 0. The van der Waals surface area contributed by atoms with Crippen molar-refractivity contribution in [1.29, 1.82) is 0 Å². The fourth-order valence-corrected chi connectivity index (χ4v) is 2.35. The van der Waals surface area contributed by atoms with Gasteiger partial charge in [0.2, 0.25) is 0 Å². The molecule has 0 amide bonds. The quantitative estimate of drug-likeness (QED) is 0.633. The molecule has 0 aliphatic rings. The molecule has 0 aromatic heterocycles. The first kappa shape index (κ1) is 15.8. The standard InChI is InChI=1S/C10H24N2O3S/c1-5-7-12(8-6-2)16(13,14)11-15-9-10(3)4/h10-11H,5-9H2,1-4H3. The van der Waals surface area contributed by atoms with Crippen molar-refractivity contribution in [3.63, 3.8) is 0 Å². The minimum atomic E-state index is -3.48. The van der Waals surface area contributed by atoms with Crippen LogP contribution in [0.5, 0.6) is 0 Å². The van der Waals surface area contributed by atoms with Crippen molar-refractivity contribution in [2.24, 2.45) is 5.92 Å². The molecule has 5 nitrogen and oxygen atoms in total. The maximum Gasteiger partial charge on any atom is 0.301 e. The molecule has 0 fully saturated rings. The molecule has 16 heavy (non-hydrogen) atoms. The molecule has 0 radical (unpaired) electrons.